The molecule has 2 heterocycles. The van der Waals surface area contributed by atoms with Crippen molar-refractivity contribution in [2.45, 2.75) is 52.6 Å². The van der Waals surface area contributed by atoms with Gasteiger partial charge in [-0.1, -0.05) is 33.8 Å². The van der Waals surface area contributed by atoms with Crippen LogP contribution in [-0.4, -0.2) is 89.7 Å². The Morgan fingerprint density at radius 1 is 1.14 bits per heavy atom. The number of piperidine rings is 1. The summed E-state index contributed by atoms with van der Waals surface area (Å²) in [7, 11) is 1.65. The third kappa shape index (κ3) is 4.93. The number of esters is 1. The van der Waals surface area contributed by atoms with Crippen LogP contribution in [0.5, 0.6) is 0 Å². The van der Waals surface area contributed by atoms with Crippen LogP contribution in [-0.2, 0) is 19.1 Å². The van der Waals surface area contributed by atoms with Gasteiger partial charge in [-0.05, 0) is 37.6 Å². The average molecular weight is 487 g/mol. The zero-order valence-corrected chi connectivity index (χ0v) is 21.0. The number of imide groups is 2. The maximum atomic E-state index is 13.2. The number of fused-ring (bicyclic) bond motifs is 1. The van der Waals surface area contributed by atoms with Crippen molar-refractivity contribution in [2.75, 3.05) is 38.6 Å². The molecule has 10 heteroatoms. The molecule has 1 unspecified atom stereocenters. The molecule has 0 aliphatic carbocycles. The average Bonchev–Trinajstić information content (AvgIpc) is 3.09. The summed E-state index contributed by atoms with van der Waals surface area (Å²) in [6.45, 7) is 8.91. The Hall–Kier alpha value is -3.27. The summed E-state index contributed by atoms with van der Waals surface area (Å²) in [5.74, 6) is -2.55. The molecule has 2 aliphatic rings. The van der Waals surface area contributed by atoms with Crippen LogP contribution in [0.2, 0.25) is 0 Å². The largest absolute Gasteiger partial charge is 0.463 e. The third-order valence-electron chi connectivity index (χ3n) is 6.65. The summed E-state index contributed by atoms with van der Waals surface area (Å²) in [5, 5.41) is 2.90. The minimum absolute atomic E-state index is 0.00467. The van der Waals surface area contributed by atoms with E-state index in [-0.39, 0.29) is 43.0 Å². The van der Waals surface area contributed by atoms with Gasteiger partial charge in [0.1, 0.15) is 18.7 Å². The Labute approximate surface area is 205 Å². The topological polar surface area (TPSA) is 116 Å². The van der Waals surface area contributed by atoms with Gasteiger partial charge in [0.25, 0.3) is 17.7 Å². The standard InChI is InChI=1S/C25H34N4O6/c1-6-27(7-2)21(15(3)4)25(34)35-14-13-28-19(30)12-11-18(23(28)32)29-22(31)16-9-8-10-17(26-5)20(16)24(29)33/h8-10,15,18,21,26H,6-7,11-14H2,1-5H3/t18?,21-/m0/s1. The first-order valence-electron chi connectivity index (χ1n) is 12.1. The summed E-state index contributed by atoms with van der Waals surface area (Å²) in [6.07, 6.45) is 0.0659. The number of ether oxygens (including phenoxy) is 1. The molecule has 1 fully saturated rings. The molecule has 1 aromatic rings. The molecule has 0 bridgehead atoms. The maximum Gasteiger partial charge on any atom is 0.323 e. The first-order valence-corrected chi connectivity index (χ1v) is 12.1. The second-order valence-corrected chi connectivity index (χ2v) is 8.97. The van der Waals surface area contributed by atoms with E-state index in [1.54, 1.807) is 25.2 Å². The monoisotopic (exact) mass is 486 g/mol. The quantitative estimate of drug-likeness (QED) is 0.393. The van der Waals surface area contributed by atoms with Crippen molar-refractivity contribution >= 4 is 35.3 Å². The summed E-state index contributed by atoms with van der Waals surface area (Å²) >= 11 is 0. The highest BCUT2D eigenvalue weighted by atomic mass is 16.5. The van der Waals surface area contributed by atoms with Crippen molar-refractivity contribution in [1.29, 1.82) is 0 Å². The Balaban J connectivity index is 1.70. The minimum atomic E-state index is -1.08. The van der Waals surface area contributed by atoms with E-state index >= 15 is 0 Å². The molecule has 1 aromatic carbocycles. The number of likely N-dealkylation sites (tertiary alicyclic amines) is 1. The molecule has 35 heavy (non-hydrogen) atoms. The molecule has 3 rings (SSSR count). The lowest BCUT2D eigenvalue weighted by Crippen LogP contribution is -2.56. The van der Waals surface area contributed by atoms with Gasteiger partial charge in [-0.3, -0.25) is 38.7 Å². The second kappa shape index (κ2) is 11.0. The highest BCUT2D eigenvalue weighted by molar-refractivity contribution is 6.25. The van der Waals surface area contributed by atoms with Crippen molar-refractivity contribution < 1.29 is 28.7 Å². The molecule has 1 N–H and O–H groups in total. The van der Waals surface area contributed by atoms with Crippen LogP contribution in [0.25, 0.3) is 0 Å². The van der Waals surface area contributed by atoms with Crippen LogP contribution >= 0.6 is 0 Å². The Morgan fingerprint density at radius 3 is 2.43 bits per heavy atom. The molecule has 0 spiro atoms. The molecular formula is C25H34N4O6. The lowest BCUT2D eigenvalue weighted by Gasteiger charge is -2.34. The third-order valence-corrected chi connectivity index (χ3v) is 6.65. The minimum Gasteiger partial charge on any atom is -0.463 e. The molecule has 10 nitrogen and oxygen atoms in total. The van der Waals surface area contributed by atoms with Crippen LogP contribution in [0, 0.1) is 5.92 Å². The predicted molar refractivity (Wildman–Crippen MR) is 129 cm³/mol. The van der Waals surface area contributed by atoms with Crippen molar-refractivity contribution in [3.8, 4) is 0 Å². The van der Waals surface area contributed by atoms with Gasteiger partial charge in [0, 0.05) is 19.2 Å². The SMILES string of the molecule is CCN(CC)[C@H](C(=O)OCCN1C(=O)CCC(N2C(=O)c3cccc(NC)c3C2=O)C1=O)C(C)C. The Bertz CT molecular complexity index is 1020. The lowest BCUT2D eigenvalue weighted by atomic mass is 10.0. The predicted octanol–water partition coefficient (Wildman–Crippen LogP) is 1.75. The van der Waals surface area contributed by atoms with E-state index in [1.165, 1.54) is 0 Å². The number of hydrogen-bond donors (Lipinski definition) is 1. The number of carbonyl (C=O) groups is 5. The smallest absolute Gasteiger partial charge is 0.323 e. The Morgan fingerprint density at radius 2 is 1.83 bits per heavy atom. The number of hydrogen-bond acceptors (Lipinski definition) is 8. The highest BCUT2D eigenvalue weighted by Crippen LogP contribution is 2.33. The van der Waals surface area contributed by atoms with E-state index in [4.69, 9.17) is 4.74 Å². The normalized spacial score (nSPS) is 19.0. The first kappa shape index (κ1) is 26.3. The summed E-state index contributed by atoms with van der Waals surface area (Å²) in [5.41, 5.74) is 0.948. The van der Waals surface area contributed by atoms with Crippen molar-refractivity contribution in [1.82, 2.24) is 14.7 Å². The van der Waals surface area contributed by atoms with Crippen molar-refractivity contribution in [2.24, 2.45) is 5.92 Å². The fourth-order valence-corrected chi connectivity index (χ4v) is 4.87. The van der Waals surface area contributed by atoms with Gasteiger partial charge in [0.2, 0.25) is 5.91 Å². The summed E-state index contributed by atoms with van der Waals surface area (Å²) in [4.78, 5) is 68.6. The maximum absolute atomic E-state index is 13.2. The molecule has 190 valence electrons. The number of nitrogens with one attached hydrogen (secondary N) is 1. The van der Waals surface area contributed by atoms with E-state index in [9.17, 15) is 24.0 Å². The van der Waals surface area contributed by atoms with Gasteiger partial charge in [0.15, 0.2) is 0 Å². The fraction of sp³-hybridized carbons (Fsp3) is 0.560. The number of benzene rings is 1. The van der Waals surface area contributed by atoms with E-state index < -0.39 is 41.7 Å². The number of amides is 4. The highest BCUT2D eigenvalue weighted by Gasteiger charge is 2.47. The molecule has 0 radical (unpaired) electrons. The number of nitrogens with zero attached hydrogens (tertiary/aromatic N) is 3. The number of carbonyl (C=O) groups excluding carboxylic acids is 5. The molecule has 0 saturated carbocycles. The van der Waals surface area contributed by atoms with Crippen LogP contribution in [0.3, 0.4) is 0 Å². The van der Waals surface area contributed by atoms with Crippen LogP contribution in [0.1, 0.15) is 61.3 Å². The number of anilines is 1. The zero-order chi connectivity index (χ0) is 25.9. The zero-order valence-electron chi connectivity index (χ0n) is 21.0. The van der Waals surface area contributed by atoms with Crippen molar-refractivity contribution in [3.05, 3.63) is 29.3 Å². The molecule has 1 saturated heterocycles. The molecule has 4 amide bonds. The second-order valence-electron chi connectivity index (χ2n) is 8.97. The molecule has 2 aliphatic heterocycles. The molecular weight excluding hydrogens is 452 g/mol. The van der Waals surface area contributed by atoms with Crippen LogP contribution in [0.15, 0.2) is 18.2 Å². The van der Waals surface area contributed by atoms with Crippen LogP contribution in [0.4, 0.5) is 5.69 Å². The molecule has 0 aromatic heterocycles. The van der Waals surface area contributed by atoms with E-state index in [1.807, 2.05) is 32.6 Å². The summed E-state index contributed by atoms with van der Waals surface area (Å²) in [6, 6.07) is 3.38. The molecule has 2 atom stereocenters. The van der Waals surface area contributed by atoms with Gasteiger partial charge < -0.3 is 10.1 Å². The number of rotatable bonds is 10. The first-order chi connectivity index (χ1) is 16.7. The van der Waals surface area contributed by atoms with Gasteiger partial charge in [-0.25, -0.2) is 0 Å². The van der Waals surface area contributed by atoms with E-state index in [2.05, 4.69) is 5.32 Å². The van der Waals surface area contributed by atoms with E-state index in [0.29, 0.717) is 18.8 Å². The van der Waals surface area contributed by atoms with Crippen molar-refractivity contribution in [3.63, 3.8) is 0 Å². The number of likely N-dealkylation sites (N-methyl/N-ethyl adjacent to an activating group) is 1. The fourth-order valence-electron chi connectivity index (χ4n) is 4.87. The van der Waals surface area contributed by atoms with Crippen LogP contribution < -0.4 is 5.32 Å². The Kier molecular flexibility index (Phi) is 8.26. The van der Waals surface area contributed by atoms with Gasteiger partial charge in [0.05, 0.1) is 17.7 Å². The van der Waals surface area contributed by atoms with Gasteiger partial charge >= 0.3 is 5.97 Å². The summed E-state index contributed by atoms with van der Waals surface area (Å²) < 4.78 is 5.45. The van der Waals surface area contributed by atoms with E-state index in [0.717, 1.165) is 9.80 Å². The van der Waals surface area contributed by atoms with Gasteiger partial charge in [-0.15, -0.1) is 0 Å². The lowest BCUT2D eigenvalue weighted by molar-refractivity contribution is -0.158. The van der Waals surface area contributed by atoms with Gasteiger partial charge in [-0.2, -0.15) is 0 Å².